The molecular formula is C66H53BN2. The van der Waals surface area contributed by atoms with Gasteiger partial charge in [0.15, 0.2) is 0 Å². The fourth-order valence-electron chi connectivity index (χ4n) is 11.7. The highest BCUT2D eigenvalue weighted by atomic mass is 15.2. The molecule has 69 heavy (non-hydrogen) atoms. The third kappa shape index (κ3) is 7.11. The van der Waals surface area contributed by atoms with E-state index in [2.05, 4.69) is 264 Å². The predicted octanol–water partition coefficient (Wildman–Crippen LogP) is 16.0. The Labute approximate surface area is 407 Å². The Bertz CT molecular complexity index is 3570. The molecule has 3 heteroatoms. The SMILES string of the molecule is Cc1cccc(C)c1-c1cccc(N2c3cc(-c4c(C)cccc4C)ccc3B3c4cc(-c5ccccc5)ccc4N(c4ccc(-c5ccccc5)cc4)c4cc(-c5c(C)cccc5C)cc2c43)c1. The molecule has 0 unspecified atom stereocenters. The van der Waals surface area contributed by atoms with Crippen molar-refractivity contribution in [2.75, 3.05) is 9.80 Å². The van der Waals surface area contributed by atoms with Crippen molar-refractivity contribution < 1.29 is 0 Å². The maximum atomic E-state index is 2.60. The summed E-state index contributed by atoms with van der Waals surface area (Å²) in [5, 5.41) is 0. The predicted molar refractivity (Wildman–Crippen MR) is 296 cm³/mol. The lowest BCUT2D eigenvalue weighted by Gasteiger charge is -2.45. The molecule has 0 amide bonds. The van der Waals surface area contributed by atoms with Crippen molar-refractivity contribution >= 4 is 57.2 Å². The van der Waals surface area contributed by atoms with Gasteiger partial charge in [-0.15, -0.1) is 0 Å². The van der Waals surface area contributed by atoms with Gasteiger partial charge in [0.25, 0.3) is 6.71 Å². The molecular weight excluding hydrogens is 832 g/mol. The van der Waals surface area contributed by atoms with Gasteiger partial charge in [0, 0.05) is 34.1 Å². The van der Waals surface area contributed by atoms with Crippen LogP contribution in [-0.2, 0) is 0 Å². The van der Waals surface area contributed by atoms with Crippen LogP contribution in [0.3, 0.4) is 0 Å². The van der Waals surface area contributed by atoms with E-state index in [9.17, 15) is 0 Å². The molecule has 0 bridgehead atoms. The van der Waals surface area contributed by atoms with Crippen LogP contribution < -0.4 is 26.2 Å². The van der Waals surface area contributed by atoms with Crippen LogP contribution in [0.1, 0.15) is 33.4 Å². The van der Waals surface area contributed by atoms with E-state index in [1.165, 1.54) is 128 Å². The third-order valence-corrected chi connectivity index (χ3v) is 14.8. The number of hydrogen-bond acceptors (Lipinski definition) is 2. The first kappa shape index (κ1) is 42.2. The van der Waals surface area contributed by atoms with Gasteiger partial charge in [0.2, 0.25) is 0 Å². The van der Waals surface area contributed by atoms with Crippen molar-refractivity contribution in [2.45, 2.75) is 41.5 Å². The molecule has 0 atom stereocenters. The first-order chi connectivity index (χ1) is 33.7. The zero-order valence-corrected chi connectivity index (χ0v) is 40.2. The lowest BCUT2D eigenvalue weighted by molar-refractivity contribution is 1.25. The summed E-state index contributed by atoms with van der Waals surface area (Å²) in [6.07, 6.45) is 0. The van der Waals surface area contributed by atoms with E-state index in [0.29, 0.717) is 0 Å². The molecule has 0 saturated carbocycles. The van der Waals surface area contributed by atoms with Crippen LogP contribution in [0.25, 0.3) is 55.6 Å². The summed E-state index contributed by atoms with van der Waals surface area (Å²) in [6.45, 7) is 13.4. The molecule has 0 aromatic heterocycles. The summed E-state index contributed by atoms with van der Waals surface area (Å²) < 4.78 is 0. The Kier molecular flexibility index (Phi) is 10.3. The van der Waals surface area contributed by atoms with Crippen LogP contribution in [-0.4, -0.2) is 6.71 Å². The summed E-state index contributed by atoms with van der Waals surface area (Å²) in [6, 6.07) is 79.5. The highest BCUT2D eigenvalue weighted by molar-refractivity contribution is 7.00. The minimum Gasteiger partial charge on any atom is -0.311 e. The smallest absolute Gasteiger partial charge is 0.252 e. The summed E-state index contributed by atoms with van der Waals surface area (Å²) in [5.74, 6) is 0. The van der Waals surface area contributed by atoms with Gasteiger partial charge in [-0.25, -0.2) is 0 Å². The van der Waals surface area contributed by atoms with Gasteiger partial charge in [-0.1, -0.05) is 164 Å². The topological polar surface area (TPSA) is 6.48 Å². The van der Waals surface area contributed by atoms with Crippen LogP contribution in [0, 0.1) is 41.5 Å². The fraction of sp³-hybridized carbons (Fsp3) is 0.0909. The third-order valence-electron chi connectivity index (χ3n) is 14.8. The molecule has 10 aromatic carbocycles. The second-order valence-electron chi connectivity index (χ2n) is 19.2. The molecule has 2 nitrogen and oxygen atoms in total. The molecule has 2 aliphatic heterocycles. The lowest BCUT2D eigenvalue weighted by atomic mass is 9.33. The van der Waals surface area contributed by atoms with Gasteiger partial charge >= 0.3 is 0 Å². The maximum absolute atomic E-state index is 2.60. The molecule has 0 N–H and O–H groups in total. The number of aryl methyl sites for hydroxylation is 6. The fourth-order valence-corrected chi connectivity index (χ4v) is 11.7. The first-order valence-corrected chi connectivity index (χ1v) is 24.3. The standard InChI is InChI=1S/C66H53BN2/c1-42-17-13-18-43(2)63(42)52-27-16-28-56(37-52)69-60-39-53(64-44(3)19-14-20-45(64)4)31-35-57(60)67-58-38-51(49-25-11-8-12-26-49)32-36-59(58)68(55-33-29-50(30-34-55)48-23-9-7-10-24-48)61-40-54(41-62(69)66(61)67)65-46(5)21-15-22-47(65)6/h7-41H,1-6H3. The van der Waals surface area contributed by atoms with Crippen molar-refractivity contribution in [3.63, 3.8) is 0 Å². The number of benzene rings is 10. The van der Waals surface area contributed by atoms with E-state index in [4.69, 9.17) is 0 Å². The second-order valence-corrected chi connectivity index (χ2v) is 19.2. The van der Waals surface area contributed by atoms with Crippen LogP contribution >= 0.6 is 0 Å². The largest absolute Gasteiger partial charge is 0.311 e. The summed E-state index contributed by atoms with van der Waals surface area (Å²) >= 11 is 0. The van der Waals surface area contributed by atoms with Gasteiger partial charge in [-0.3, -0.25) is 0 Å². The van der Waals surface area contributed by atoms with Crippen LogP contribution in [0.2, 0.25) is 0 Å². The van der Waals surface area contributed by atoms with E-state index in [1.807, 2.05) is 0 Å². The van der Waals surface area contributed by atoms with Crippen molar-refractivity contribution in [1.82, 2.24) is 0 Å². The Morgan fingerprint density at radius 2 is 0.681 bits per heavy atom. The molecule has 0 spiro atoms. The van der Waals surface area contributed by atoms with E-state index in [-0.39, 0.29) is 6.71 Å². The molecule has 330 valence electrons. The number of hydrogen-bond donors (Lipinski definition) is 0. The molecule has 2 aliphatic rings. The Balaban J connectivity index is 1.19. The molecule has 0 fully saturated rings. The first-order valence-electron chi connectivity index (χ1n) is 24.3. The lowest BCUT2D eigenvalue weighted by Crippen LogP contribution is -2.61. The highest BCUT2D eigenvalue weighted by Crippen LogP contribution is 2.49. The minimum absolute atomic E-state index is 0.0550. The molecule has 2 heterocycles. The number of nitrogens with zero attached hydrogens (tertiary/aromatic N) is 2. The van der Waals surface area contributed by atoms with Crippen molar-refractivity contribution in [2.24, 2.45) is 0 Å². The monoisotopic (exact) mass is 884 g/mol. The van der Waals surface area contributed by atoms with Crippen LogP contribution in [0.15, 0.2) is 212 Å². The molecule has 0 saturated heterocycles. The molecule has 12 rings (SSSR count). The molecule has 0 aliphatic carbocycles. The van der Waals surface area contributed by atoms with Gasteiger partial charge < -0.3 is 9.80 Å². The van der Waals surface area contributed by atoms with Crippen LogP contribution in [0.5, 0.6) is 0 Å². The molecule has 0 radical (unpaired) electrons. The van der Waals surface area contributed by atoms with Gasteiger partial charge in [0.05, 0.1) is 0 Å². The summed E-state index contributed by atoms with van der Waals surface area (Å²) in [5.41, 5.74) is 30.9. The maximum Gasteiger partial charge on any atom is 0.252 e. The van der Waals surface area contributed by atoms with Gasteiger partial charge in [-0.2, -0.15) is 0 Å². The number of fused-ring (bicyclic) bond motifs is 4. The minimum atomic E-state index is -0.0550. The van der Waals surface area contributed by atoms with Crippen molar-refractivity contribution in [3.8, 4) is 55.6 Å². The van der Waals surface area contributed by atoms with Gasteiger partial charge in [-0.05, 0) is 195 Å². The zero-order valence-electron chi connectivity index (χ0n) is 40.2. The number of rotatable bonds is 7. The van der Waals surface area contributed by atoms with E-state index < -0.39 is 0 Å². The molecule has 10 aromatic rings. The Morgan fingerprint density at radius 1 is 0.261 bits per heavy atom. The highest BCUT2D eigenvalue weighted by Gasteiger charge is 2.44. The van der Waals surface area contributed by atoms with Gasteiger partial charge in [0.1, 0.15) is 0 Å². The normalized spacial score (nSPS) is 12.4. The van der Waals surface area contributed by atoms with E-state index in [0.717, 1.165) is 11.4 Å². The summed E-state index contributed by atoms with van der Waals surface area (Å²) in [7, 11) is 0. The average Bonchev–Trinajstić information content (AvgIpc) is 3.36. The van der Waals surface area contributed by atoms with E-state index >= 15 is 0 Å². The quantitative estimate of drug-likeness (QED) is 0.147. The van der Waals surface area contributed by atoms with Crippen molar-refractivity contribution in [1.29, 1.82) is 0 Å². The number of anilines is 6. The van der Waals surface area contributed by atoms with Crippen LogP contribution in [0.4, 0.5) is 34.1 Å². The Morgan fingerprint density at radius 3 is 1.25 bits per heavy atom. The second kappa shape index (κ2) is 16.9. The zero-order chi connectivity index (χ0) is 46.9. The Hall–Kier alpha value is -8.14. The average molecular weight is 885 g/mol. The summed E-state index contributed by atoms with van der Waals surface area (Å²) in [4.78, 5) is 5.14. The van der Waals surface area contributed by atoms with Crippen molar-refractivity contribution in [3.05, 3.63) is 246 Å². The van der Waals surface area contributed by atoms with E-state index in [1.54, 1.807) is 0 Å².